The van der Waals surface area contributed by atoms with E-state index in [9.17, 15) is 0 Å². The summed E-state index contributed by atoms with van der Waals surface area (Å²) in [5, 5.41) is 7.01. The summed E-state index contributed by atoms with van der Waals surface area (Å²) in [6.45, 7) is 0.532. The molecule has 19 heavy (non-hydrogen) atoms. The molecule has 1 N–H and O–H groups in total. The SMILES string of the molecule is S=c1[nH]nc(-c2ccccn2)n1Cc1ccncn1. The molecule has 0 atom stereocenters. The Bertz CT molecular complexity index is 719. The second kappa shape index (κ2) is 5.07. The van der Waals surface area contributed by atoms with Gasteiger partial charge in [-0.2, -0.15) is 5.10 Å². The number of aromatic nitrogens is 6. The number of nitrogens with zero attached hydrogens (tertiary/aromatic N) is 5. The quantitative estimate of drug-likeness (QED) is 0.735. The van der Waals surface area contributed by atoms with Crippen molar-refractivity contribution in [2.75, 3.05) is 0 Å². The molecular formula is C12H10N6S. The van der Waals surface area contributed by atoms with E-state index in [1.165, 1.54) is 6.33 Å². The third-order valence-corrected chi connectivity index (χ3v) is 2.93. The second-order valence-corrected chi connectivity index (χ2v) is 4.24. The molecule has 0 amide bonds. The predicted octanol–water partition coefficient (Wildman–Crippen LogP) is 1.84. The lowest BCUT2D eigenvalue weighted by atomic mass is 10.3. The van der Waals surface area contributed by atoms with E-state index in [1.807, 2.05) is 28.8 Å². The van der Waals surface area contributed by atoms with Crippen molar-refractivity contribution in [3.8, 4) is 11.5 Å². The molecule has 0 saturated carbocycles. The highest BCUT2D eigenvalue weighted by Gasteiger charge is 2.10. The normalized spacial score (nSPS) is 10.5. The van der Waals surface area contributed by atoms with E-state index in [1.54, 1.807) is 12.4 Å². The zero-order chi connectivity index (χ0) is 13.1. The average molecular weight is 270 g/mol. The van der Waals surface area contributed by atoms with E-state index in [-0.39, 0.29) is 0 Å². The van der Waals surface area contributed by atoms with Crippen molar-refractivity contribution in [3.63, 3.8) is 0 Å². The van der Waals surface area contributed by atoms with Gasteiger partial charge in [0.1, 0.15) is 12.0 Å². The number of nitrogens with one attached hydrogen (secondary N) is 1. The van der Waals surface area contributed by atoms with Crippen LogP contribution in [-0.4, -0.2) is 29.7 Å². The smallest absolute Gasteiger partial charge is 0.195 e. The summed E-state index contributed by atoms with van der Waals surface area (Å²) in [5.41, 5.74) is 1.63. The van der Waals surface area contributed by atoms with E-state index >= 15 is 0 Å². The van der Waals surface area contributed by atoms with Crippen LogP contribution in [0.2, 0.25) is 0 Å². The van der Waals surface area contributed by atoms with Gasteiger partial charge in [-0.1, -0.05) is 6.07 Å². The van der Waals surface area contributed by atoms with Gasteiger partial charge in [0.15, 0.2) is 10.6 Å². The molecule has 0 aliphatic heterocycles. The molecule has 94 valence electrons. The van der Waals surface area contributed by atoms with Crippen LogP contribution in [0.25, 0.3) is 11.5 Å². The van der Waals surface area contributed by atoms with Gasteiger partial charge in [0.05, 0.1) is 12.2 Å². The molecule has 0 aromatic carbocycles. The molecule has 0 unspecified atom stereocenters. The Morgan fingerprint density at radius 2 is 2.11 bits per heavy atom. The summed E-state index contributed by atoms with van der Waals surface area (Å²) in [6.07, 6.45) is 4.94. The molecule has 0 bridgehead atoms. The van der Waals surface area contributed by atoms with Crippen LogP contribution in [0.15, 0.2) is 43.0 Å². The van der Waals surface area contributed by atoms with E-state index in [0.29, 0.717) is 17.1 Å². The Labute approximate surface area is 114 Å². The minimum absolute atomic E-state index is 0.532. The zero-order valence-corrected chi connectivity index (χ0v) is 10.7. The van der Waals surface area contributed by atoms with Crippen LogP contribution in [0, 0.1) is 4.77 Å². The van der Waals surface area contributed by atoms with Crippen molar-refractivity contribution in [2.24, 2.45) is 0 Å². The Balaban J connectivity index is 2.03. The van der Waals surface area contributed by atoms with Gasteiger partial charge in [-0.25, -0.2) is 9.97 Å². The molecule has 0 aliphatic rings. The van der Waals surface area contributed by atoms with Crippen molar-refractivity contribution in [1.29, 1.82) is 0 Å². The molecule has 0 spiro atoms. The Morgan fingerprint density at radius 3 is 2.84 bits per heavy atom. The third kappa shape index (κ3) is 2.41. The minimum Gasteiger partial charge on any atom is -0.293 e. The highest BCUT2D eigenvalue weighted by molar-refractivity contribution is 7.71. The number of H-pyrrole nitrogens is 1. The van der Waals surface area contributed by atoms with Crippen LogP contribution in [0.5, 0.6) is 0 Å². The molecule has 6 nitrogen and oxygen atoms in total. The fraction of sp³-hybridized carbons (Fsp3) is 0.0833. The van der Waals surface area contributed by atoms with Crippen LogP contribution in [-0.2, 0) is 6.54 Å². The summed E-state index contributed by atoms with van der Waals surface area (Å²) in [6, 6.07) is 7.51. The number of hydrogen-bond donors (Lipinski definition) is 1. The zero-order valence-electron chi connectivity index (χ0n) is 9.89. The minimum atomic E-state index is 0.532. The van der Waals surface area contributed by atoms with Gasteiger partial charge in [-0.15, -0.1) is 0 Å². The maximum Gasteiger partial charge on any atom is 0.195 e. The largest absolute Gasteiger partial charge is 0.293 e. The van der Waals surface area contributed by atoms with Crippen LogP contribution in [0.3, 0.4) is 0 Å². The van der Waals surface area contributed by atoms with Crippen molar-refractivity contribution in [3.05, 3.63) is 53.5 Å². The first-order valence-corrected chi connectivity index (χ1v) is 6.07. The molecule has 3 rings (SSSR count). The summed E-state index contributed by atoms with van der Waals surface area (Å²) in [5.74, 6) is 0.698. The summed E-state index contributed by atoms with van der Waals surface area (Å²) >= 11 is 5.25. The summed E-state index contributed by atoms with van der Waals surface area (Å²) in [4.78, 5) is 12.4. The first-order chi connectivity index (χ1) is 9.34. The number of aromatic amines is 1. The third-order valence-electron chi connectivity index (χ3n) is 2.62. The molecule has 0 saturated heterocycles. The van der Waals surface area contributed by atoms with Gasteiger partial charge in [-0.3, -0.25) is 14.6 Å². The summed E-state index contributed by atoms with van der Waals surface area (Å²) < 4.78 is 2.40. The lowest BCUT2D eigenvalue weighted by molar-refractivity contribution is 0.761. The fourth-order valence-corrected chi connectivity index (χ4v) is 1.93. The fourth-order valence-electron chi connectivity index (χ4n) is 1.73. The van der Waals surface area contributed by atoms with Gasteiger partial charge in [-0.05, 0) is 30.4 Å². The van der Waals surface area contributed by atoms with Crippen LogP contribution in [0.4, 0.5) is 0 Å². The van der Waals surface area contributed by atoms with Gasteiger partial charge < -0.3 is 0 Å². The molecule has 3 aromatic rings. The molecule has 3 heterocycles. The predicted molar refractivity (Wildman–Crippen MR) is 71.8 cm³/mol. The maximum atomic E-state index is 5.25. The molecule has 0 radical (unpaired) electrons. The van der Waals surface area contributed by atoms with Crippen molar-refractivity contribution >= 4 is 12.2 Å². The van der Waals surface area contributed by atoms with Crippen LogP contribution in [0.1, 0.15) is 5.69 Å². The van der Waals surface area contributed by atoms with E-state index in [4.69, 9.17) is 12.2 Å². The lowest BCUT2D eigenvalue weighted by Crippen LogP contribution is -2.04. The summed E-state index contributed by atoms with van der Waals surface area (Å²) in [7, 11) is 0. The van der Waals surface area contributed by atoms with Crippen LogP contribution >= 0.6 is 12.2 Å². The number of pyridine rings is 1. The number of rotatable bonds is 3. The number of hydrogen-bond acceptors (Lipinski definition) is 5. The highest BCUT2D eigenvalue weighted by Crippen LogP contribution is 2.14. The maximum absolute atomic E-state index is 5.25. The average Bonchev–Trinajstić information content (AvgIpc) is 2.82. The monoisotopic (exact) mass is 270 g/mol. The first-order valence-electron chi connectivity index (χ1n) is 5.66. The van der Waals surface area contributed by atoms with Crippen molar-refractivity contribution in [1.82, 2.24) is 29.7 Å². The van der Waals surface area contributed by atoms with Gasteiger partial charge >= 0.3 is 0 Å². The lowest BCUT2D eigenvalue weighted by Gasteiger charge is -2.05. The molecule has 3 aromatic heterocycles. The Morgan fingerprint density at radius 1 is 1.16 bits per heavy atom. The van der Waals surface area contributed by atoms with Gasteiger partial charge in [0.25, 0.3) is 0 Å². The molecule has 0 aliphatic carbocycles. The highest BCUT2D eigenvalue weighted by atomic mass is 32.1. The molecule has 0 fully saturated rings. The van der Waals surface area contributed by atoms with Crippen molar-refractivity contribution in [2.45, 2.75) is 6.54 Å². The van der Waals surface area contributed by atoms with Crippen molar-refractivity contribution < 1.29 is 0 Å². The molecular weight excluding hydrogens is 260 g/mol. The second-order valence-electron chi connectivity index (χ2n) is 3.85. The first kappa shape index (κ1) is 11.7. The van der Waals surface area contributed by atoms with Crippen LogP contribution < -0.4 is 0 Å². The van der Waals surface area contributed by atoms with Gasteiger partial charge in [0, 0.05) is 12.4 Å². The van der Waals surface area contributed by atoms with E-state index < -0.39 is 0 Å². The Kier molecular flexibility index (Phi) is 3.11. The van der Waals surface area contributed by atoms with Gasteiger partial charge in [0.2, 0.25) is 0 Å². The van der Waals surface area contributed by atoms with E-state index in [0.717, 1.165) is 11.4 Å². The molecule has 7 heteroatoms. The van der Waals surface area contributed by atoms with E-state index in [2.05, 4.69) is 25.1 Å². The Hall–Kier alpha value is -2.41. The standard InChI is InChI=1S/C12H10N6S/c19-12-17-16-11(10-3-1-2-5-14-10)18(12)7-9-4-6-13-8-15-9/h1-6,8H,7H2,(H,17,19). The topological polar surface area (TPSA) is 72.3 Å².